The number of ether oxygens (including phenoxy) is 1. The van der Waals surface area contributed by atoms with Gasteiger partial charge in [0.25, 0.3) is 0 Å². The van der Waals surface area contributed by atoms with Crippen LogP contribution in [0.5, 0.6) is 0 Å². The predicted octanol–water partition coefficient (Wildman–Crippen LogP) is 4.67. The Kier molecular flexibility index (Phi) is 11.6. The van der Waals surface area contributed by atoms with Crippen molar-refractivity contribution in [2.24, 2.45) is 4.99 Å². The van der Waals surface area contributed by atoms with Crippen LogP contribution in [0.25, 0.3) is 0 Å². The highest BCUT2D eigenvalue weighted by molar-refractivity contribution is 14.0. The van der Waals surface area contributed by atoms with E-state index in [-0.39, 0.29) is 36.2 Å². The van der Waals surface area contributed by atoms with Gasteiger partial charge in [0.15, 0.2) is 11.7 Å². The summed E-state index contributed by atoms with van der Waals surface area (Å²) in [6.45, 7) is 12.8. The lowest BCUT2D eigenvalue weighted by Crippen LogP contribution is -2.45. The van der Waals surface area contributed by atoms with E-state index in [9.17, 15) is 0 Å². The van der Waals surface area contributed by atoms with Gasteiger partial charge in [-0.1, -0.05) is 43.3 Å². The molecule has 1 aromatic heterocycles. The highest BCUT2D eigenvalue weighted by Crippen LogP contribution is 2.22. The maximum absolute atomic E-state index is 5.88. The van der Waals surface area contributed by atoms with Crippen LogP contribution in [0.1, 0.15) is 69.0 Å². The van der Waals surface area contributed by atoms with Gasteiger partial charge in [-0.2, -0.15) is 0 Å². The first-order chi connectivity index (χ1) is 15.5. The number of guanidine groups is 1. The molecule has 2 unspecified atom stereocenters. The van der Waals surface area contributed by atoms with E-state index in [4.69, 9.17) is 9.26 Å². The third-order valence-electron chi connectivity index (χ3n) is 6.09. The van der Waals surface area contributed by atoms with Crippen molar-refractivity contribution in [3.05, 3.63) is 52.9 Å². The first-order valence-corrected chi connectivity index (χ1v) is 11.9. The second-order valence-corrected chi connectivity index (χ2v) is 8.73. The summed E-state index contributed by atoms with van der Waals surface area (Å²) in [5, 5.41) is 11.0. The second kappa shape index (κ2) is 13.9. The van der Waals surface area contributed by atoms with Crippen LogP contribution >= 0.6 is 24.0 Å². The Bertz CT molecular complexity index is 858. The zero-order valence-electron chi connectivity index (χ0n) is 20.6. The minimum atomic E-state index is 0. The summed E-state index contributed by atoms with van der Waals surface area (Å²) in [5.41, 5.74) is 3.65. The highest BCUT2D eigenvalue weighted by atomic mass is 127. The summed E-state index contributed by atoms with van der Waals surface area (Å²) in [6, 6.07) is 10.7. The Balaban J connectivity index is 0.00000385. The fraction of sp³-hybridized carbons (Fsp3) is 0.600. The molecule has 1 aliphatic rings. The minimum absolute atomic E-state index is 0. The molecule has 2 aromatic rings. The van der Waals surface area contributed by atoms with Crippen LogP contribution in [0.3, 0.4) is 0 Å². The smallest absolute Gasteiger partial charge is 0.191 e. The van der Waals surface area contributed by atoms with E-state index >= 15 is 0 Å². The highest BCUT2D eigenvalue weighted by Gasteiger charge is 2.22. The van der Waals surface area contributed by atoms with Crippen LogP contribution in [-0.2, 0) is 24.4 Å². The first-order valence-electron chi connectivity index (χ1n) is 11.9. The second-order valence-electron chi connectivity index (χ2n) is 8.73. The zero-order chi connectivity index (χ0) is 22.9. The van der Waals surface area contributed by atoms with Crippen molar-refractivity contribution in [2.75, 3.05) is 20.1 Å². The number of hydrogen-bond donors (Lipinski definition) is 2. The molecule has 7 nitrogen and oxygen atoms in total. The van der Waals surface area contributed by atoms with Crippen molar-refractivity contribution < 1.29 is 9.26 Å². The zero-order valence-corrected chi connectivity index (χ0v) is 23.0. The van der Waals surface area contributed by atoms with Crippen molar-refractivity contribution in [1.29, 1.82) is 0 Å². The molecule has 0 aliphatic carbocycles. The van der Waals surface area contributed by atoms with Gasteiger partial charge in [0.05, 0.1) is 24.4 Å². The topological polar surface area (TPSA) is 74.9 Å². The van der Waals surface area contributed by atoms with E-state index in [1.807, 2.05) is 0 Å². The molecular formula is C25H40IN5O2. The molecule has 2 atom stereocenters. The molecule has 8 heteroatoms. The van der Waals surface area contributed by atoms with Crippen molar-refractivity contribution in [3.63, 3.8) is 0 Å². The monoisotopic (exact) mass is 569 g/mol. The van der Waals surface area contributed by atoms with E-state index in [1.165, 1.54) is 11.1 Å². The molecule has 2 N–H and O–H groups in total. The molecule has 1 aliphatic heterocycles. The molecule has 3 rings (SSSR count). The van der Waals surface area contributed by atoms with Gasteiger partial charge in [0, 0.05) is 45.2 Å². The average molecular weight is 570 g/mol. The van der Waals surface area contributed by atoms with Crippen molar-refractivity contribution >= 4 is 29.9 Å². The van der Waals surface area contributed by atoms with E-state index in [2.05, 4.69) is 83.7 Å². The fourth-order valence-corrected chi connectivity index (χ4v) is 4.42. The van der Waals surface area contributed by atoms with Crippen LogP contribution in [0, 0.1) is 0 Å². The normalized spacial score (nSPS) is 19.4. The number of aliphatic imine (C=N–C) groups is 1. The molecule has 1 fully saturated rings. The van der Waals surface area contributed by atoms with E-state index in [0.717, 1.165) is 49.9 Å². The van der Waals surface area contributed by atoms with Crippen LogP contribution in [0.2, 0.25) is 0 Å². The lowest BCUT2D eigenvalue weighted by molar-refractivity contribution is -0.0705. The van der Waals surface area contributed by atoms with Gasteiger partial charge >= 0.3 is 0 Å². The Labute approximate surface area is 215 Å². The molecule has 1 aromatic carbocycles. The standard InChI is InChI=1S/C25H39N5O2.HI/c1-6-20(7-2)24-12-23(32-29-24)14-28-25(26-5)27-13-21-10-8-9-11-22(21)17-30-15-18(3)31-19(4)16-30;/h8-12,18-20H,6-7,13-17H2,1-5H3,(H2,26,27,28);1H. The number of halogens is 1. The largest absolute Gasteiger partial charge is 0.373 e. The van der Waals surface area contributed by atoms with Crippen molar-refractivity contribution in [1.82, 2.24) is 20.7 Å². The molecule has 33 heavy (non-hydrogen) atoms. The number of nitrogens with one attached hydrogen (secondary N) is 2. The van der Waals surface area contributed by atoms with E-state index < -0.39 is 0 Å². The van der Waals surface area contributed by atoms with Gasteiger partial charge in [0.1, 0.15) is 0 Å². The Morgan fingerprint density at radius 3 is 2.36 bits per heavy atom. The lowest BCUT2D eigenvalue weighted by atomic mass is 9.99. The quantitative estimate of drug-likeness (QED) is 0.260. The van der Waals surface area contributed by atoms with E-state index in [1.54, 1.807) is 7.05 Å². The van der Waals surface area contributed by atoms with E-state index in [0.29, 0.717) is 19.0 Å². The number of nitrogens with zero attached hydrogens (tertiary/aromatic N) is 3. The fourth-order valence-electron chi connectivity index (χ4n) is 4.42. The third-order valence-corrected chi connectivity index (χ3v) is 6.09. The summed E-state index contributed by atoms with van der Waals surface area (Å²) in [6.07, 6.45) is 2.68. The van der Waals surface area contributed by atoms with Gasteiger partial charge in [-0.3, -0.25) is 9.89 Å². The molecular weight excluding hydrogens is 529 g/mol. The molecule has 184 valence electrons. The minimum Gasteiger partial charge on any atom is -0.373 e. The summed E-state index contributed by atoms with van der Waals surface area (Å²) in [4.78, 5) is 6.84. The van der Waals surface area contributed by atoms with Crippen LogP contribution in [0.15, 0.2) is 39.8 Å². The Morgan fingerprint density at radius 1 is 1.09 bits per heavy atom. The summed E-state index contributed by atoms with van der Waals surface area (Å²) in [5.74, 6) is 2.03. The van der Waals surface area contributed by atoms with Crippen LogP contribution in [0.4, 0.5) is 0 Å². The van der Waals surface area contributed by atoms with Gasteiger partial charge in [-0.25, -0.2) is 0 Å². The summed E-state index contributed by atoms with van der Waals surface area (Å²) in [7, 11) is 1.79. The maximum atomic E-state index is 5.88. The first kappa shape index (κ1) is 27.6. The molecule has 0 bridgehead atoms. The molecule has 0 amide bonds. The van der Waals surface area contributed by atoms with Gasteiger partial charge in [0.2, 0.25) is 0 Å². The summed E-state index contributed by atoms with van der Waals surface area (Å²) >= 11 is 0. The predicted molar refractivity (Wildman–Crippen MR) is 144 cm³/mol. The summed E-state index contributed by atoms with van der Waals surface area (Å²) < 4.78 is 11.4. The molecule has 0 spiro atoms. The Morgan fingerprint density at radius 2 is 1.73 bits per heavy atom. The van der Waals surface area contributed by atoms with Gasteiger partial charge in [-0.05, 0) is 37.8 Å². The van der Waals surface area contributed by atoms with Crippen molar-refractivity contribution in [3.8, 4) is 0 Å². The lowest BCUT2D eigenvalue weighted by Gasteiger charge is -2.35. The van der Waals surface area contributed by atoms with Crippen molar-refractivity contribution in [2.45, 2.75) is 78.3 Å². The number of benzene rings is 1. The molecule has 2 heterocycles. The third kappa shape index (κ3) is 8.26. The number of aromatic nitrogens is 1. The number of hydrogen-bond acceptors (Lipinski definition) is 5. The Hall–Kier alpha value is -1.65. The van der Waals surface area contributed by atoms with Crippen LogP contribution in [-0.4, -0.2) is 48.4 Å². The molecule has 0 radical (unpaired) electrons. The van der Waals surface area contributed by atoms with Gasteiger partial charge < -0.3 is 19.9 Å². The molecule has 0 saturated carbocycles. The van der Waals surface area contributed by atoms with Gasteiger partial charge in [-0.15, -0.1) is 24.0 Å². The number of rotatable bonds is 9. The number of morpholine rings is 1. The average Bonchev–Trinajstić information content (AvgIpc) is 3.24. The molecule has 1 saturated heterocycles. The SMILES string of the molecule is CCC(CC)c1cc(CNC(=NC)NCc2ccccc2CN2CC(C)OC(C)C2)on1.I. The van der Waals surface area contributed by atoms with Crippen LogP contribution < -0.4 is 10.6 Å². The maximum Gasteiger partial charge on any atom is 0.191 e.